The lowest BCUT2D eigenvalue weighted by Crippen LogP contribution is -2.24. The summed E-state index contributed by atoms with van der Waals surface area (Å²) in [7, 11) is 3.39. The maximum atomic E-state index is 5.46. The average molecular weight is 263 g/mol. The third-order valence-corrected chi connectivity index (χ3v) is 4.09. The van der Waals surface area contributed by atoms with Crippen molar-refractivity contribution in [2.24, 2.45) is 5.92 Å². The molecule has 0 bridgehead atoms. The Morgan fingerprint density at radius 2 is 1.95 bits per heavy atom. The molecule has 0 aromatic heterocycles. The maximum absolute atomic E-state index is 5.46. The van der Waals surface area contributed by atoms with Gasteiger partial charge < -0.3 is 14.8 Å². The van der Waals surface area contributed by atoms with Crippen molar-refractivity contribution >= 4 is 0 Å². The van der Waals surface area contributed by atoms with Crippen LogP contribution >= 0.6 is 0 Å². The Morgan fingerprint density at radius 1 is 1.21 bits per heavy atom. The lowest BCUT2D eigenvalue weighted by molar-refractivity contribution is 0.382. The van der Waals surface area contributed by atoms with Crippen LogP contribution in [0.1, 0.15) is 44.2 Å². The molecule has 1 unspecified atom stereocenters. The molecule has 0 spiro atoms. The minimum atomic E-state index is 0.307. The molecular weight excluding hydrogens is 238 g/mol. The van der Waals surface area contributed by atoms with E-state index in [1.165, 1.54) is 31.2 Å². The highest BCUT2D eigenvalue weighted by Crippen LogP contribution is 2.30. The van der Waals surface area contributed by atoms with Gasteiger partial charge in [0, 0.05) is 17.7 Å². The summed E-state index contributed by atoms with van der Waals surface area (Å²) in [6.45, 7) is 3.30. The van der Waals surface area contributed by atoms with Crippen molar-refractivity contribution in [1.29, 1.82) is 0 Å². The second kappa shape index (κ2) is 6.80. The summed E-state index contributed by atoms with van der Waals surface area (Å²) in [5, 5.41) is 3.63. The standard InChI is InChI=1S/C16H25NO2/c1-12(17-11-13-6-4-5-7-13)15-9-8-14(18-2)10-16(15)19-3/h8-10,12-13,17H,4-7,11H2,1-3H3. The van der Waals surface area contributed by atoms with Gasteiger partial charge in [0.05, 0.1) is 14.2 Å². The smallest absolute Gasteiger partial charge is 0.127 e. The Hall–Kier alpha value is -1.22. The molecule has 0 heterocycles. The van der Waals surface area contributed by atoms with Crippen molar-refractivity contribution in [3.8, 4) is 11.5 Å². The molecule has 106 valence electrons. The molecule has 1 N–H and O–H groups in total. The van der Waals surface area contributed by atoms with Crippen molar-refractivity contribution in [3.63, 3.8) is 0 Å². The van der Waals surface area contributed by atoms with E-state index in [2.05, 4.69) is 18.3 Å². The van der Waals surface area contributed by atoms with E-state index in [-0.39, 0.29) is 0 Å². The Morgan fingerprint density at radius 3 is 2.58 bits per heavy atom. The first-order chi connectivity index (χ1) is 9.24. The average Bonchev–Trinajstić information content (AvgIpc) is 2.97. The van der Waals surface area contributed by atoms with Gasteiger partial charge in [-0.3, -0.25) is 0 Å². The van der Waals surface area contributed by atoms with Crippen molar-refractivity contribution in [2.75, 3.05) is 20.8 Å². The fraction of sp³-hybridized carbons (Fsp3) is 0.625. The third-order valence-electron chi connectivity index (χ3n) is 4.09. The van der Waals surface area contributed by atoms with Gasteiger partial charge in [0.1, 0.15) is 11.5 Å². The molecule has 1 saturated carbocycles. The Balaban J connectivity index is 1.98. The van der Waals surface area contributed by atoms with Gasteiger partial charge in [-0.25, -0.2) is 0 Å². The molecule has 3 heteroatoms. The summed E-state index contributed by atoms with van der Waals surface area (Å²) in [6, 6.07) is 6.33. The fourth-order valence-electron chi connectivity index (χ4n) is 2.84. The van der Waals surface area contributed by atoms with Crippen molar-refractivity contribution < 1.29 is 9.47 Å². The first kappa shape index (κ1) is 14.2. The van der Waals surface area contributed by atoms with Gasteiger partial charge in [0.25, 0.3) is 0 Å². The second-order valence-electron chi connectivity index (χ2n) is 5.39. The van der Waals surface area contributed by atoms with Gasteiger partial charge >= 0.3 is 0 Å². The molecule has 1 aliphatic rings. The predicted octanol–water partition coefficient (Wildman–Crippen LogP) is 3.54. The van der Waals surface area contributed by atoms with E-state index >= 15 is 0 Å². The summed E-state index contributed by atoms with van der Waals surface area (Å²) in [5.41, 5.74) is 1.20. The molecule has 0 aliphatic heterocycles. The number of hydrogen-bond donors (Lipinski definition) is 1. The first-order valence-corrected chi connectivity index (χ1v) is 7.20. The molecule has 1 aliphatic carbocycles. The summed E-state index contributed by atoms with van der Waals surface area (Å²) in [6.07, 6.45) is 5.54. The Bertz CT molecular complexity index is 400. The Labute approximate surface area is 116 Å². The zero-order chi connectivity index (χ0) is 13.7. The van der Waals surface area contributed by atoms with E-state index in [0.717, 1.165) is 24.0 Å². The number of ether oxygens (including phenoxy) is 2. The third kappa shape index (κ3) is 3.63. The van der Waals surface area contributed by atoms with Crippen LogP contribution in [0.5, 0.6) is 11.5 Å². The molecule has 1 aromatic carbocycles. The zero-order valence-corrected chi connectivity index (χ0v) is 12.2. The topological polar surface area (TPSA) is 30.5 Å². The second-order valence-corrected chi connectivity index (χ2v) is 5.39. The van der Waals surface area contributed by atoms with Crippen LogP contribution in [-0.2, 0) is 0 Å². The normalized spacial score (nSPS) is 17.4. The molecule has 0 saturated heterocycles. The van der Waals surface area contributed by atoms with Gasteiger partial charge in [0.15, 0.2) is 0 Å². The van der Waals surface area contributed by atoms with Crippen molar-refractivity contribution in [3.05, 3.63) is 23.8 Å². The van der Waals surface area contributed by atoms with Gasteiger partial charge in [-0.05, 0) is 38.3 Å². The highest BCUT2D eigenvalue weighted by Gasteiger charge is 2.17. The lowest BCUT2D eigenvalue weighted by atomic mass is 10.0. The van der Waals surface area contributed by atoms with E-state index in [1.807, 2.05) is 12.1 Å². The monoisotopic (exact) mass is 263 g/mol. The molecule has 1 atom stereocenters. The molecular formula is C16H25NO2. The minimum Gasteiger partial charge on any atom is -0.497 e. The number of benzene rings is 1. The van der Waals surface area contributed by atoms with Crippen LogP contribution < -0.4 is 14.8 Å². The molecule has 0 amide bonds. The molecule has 2 rings (SSSR count). The molecule has 0 radical (unpaired) electrons. The van der Waals surface area contributed by atoms with Crippen LogP contribution in [0.4, 0.5) is 0 Å². The number of rotatable bonds is 6. The molecule has 1 fully saturated rings. The molecule has 19 heavy (non-hydrogen) atoms. The van der Waals surface area contributed by atoms with E-state index in [1.54, 1.807) is 14.2 Å². The summed E-state index contributed by atoms with van der Waals surface area (Å²) < 4.78 is 10.7. The largest absolute Gasteiger partial charge is 0.497 e. The van der Waals surface area contributed by atoms with Crippen LogP contribution in [0, 0.1) is 5.92 Å². The lowest BCUT2D eigenvalue weighted by Gasteiger charge is -2.20. The Kier molecular flexibility index (Phi) is 5.08. The van der Waals surface area contributed by atoms with Crippen LogP contribution in [0.3, 0.4) is 0 Å². The zero-order valence-electron chi connectivity index (χ0n) is 12.2. The van der Waals surface area contributed by atoms with Gasteiger partial charge in [0.2, 0.25) is 0 Å². The predicted molar refractivity (Wildman–Crippen MR) is 77.9 cm³/mol. The molecule has 1 aromatic rings. The van der Waals surface area contributed by atoms with Crippen LogP contribution in [0.2, 0.25) is 0 Å². The van der Waals surface area contributed by atoms with Crippen LogP contribution in [0.15, 0.2) is 18.2 Å². The van der Waals surface area contributed by atoms with Gasteiger partial charge in [-0.1, -0.05) is 18.9 Å². The quantitative estimate of drug-likeness (QED) is 0.851. The van der Waals surface area contributed by atoms with Crippen molar-refractivity contribution in [2.45, 2.75) is 38.6 Å². The van der Waals surface area contributed by atoms with E-state index in [9.17, 15) is 0 Å². The van der Waals surface area contributed by atoms with Crippen LogP contribution in [0.25, 0.3) is 0 Å². The summed E-state index contributed by atoms with van der Waals surface area (Å²) in [4.78, 5) is 0. The highest BCUT2D eigenvalue weighted by atomic mass is 16.5. The van der Waals surface area contributed by atoms with E-state index in [4.69, 9.17) is 9.47 Å². The molecule has 3 nitrogen and oxygen atoms in total. The SMILES string of the molecule is COc1ccc(C(C)NCC2CCCC2)c(OC)c1. The van der Waals surface area contributed by atoms with Gasteiger partial charge in [-0.15, -0.1) is 0 Å². The highest BCUT2D eigenvalue weighted by molar-refractivity contribution is 5.42. The van der Waals surface area contributed by atoms with E-state index < -0.39 is 0 Å². The number of hydrogen-bond acceptors (Lipinski definition) is 3. The summed E-state index contributed by atoms with van der Waals surface area (Å²) >= 11 is 0. The number of nitrogens with one attached hydrogen (secondary N) is 1. The van der Waals surface area contributed by atoms with E-state index in [0.29, 0.717) is 6.04 Å². The summed E-state index contributed by atoms with van der Waals surface area (Å²) in [5.74, 6) is 2.58. The maximum Gasteiger partial charge on any atom is 0.127 e. The first-order valence-electron chi connectivity index (χ1n) is 7.20. The number of methoxy groups -OCH3 is 2. The fourth-order valence-corrected chi connectivity index (χ4v) is 2.84. The van der Waals surface area contributed by atoms with Gasteiger partial charge in [-0.2, -0.15) is 0 Å². The van der Waals surface area contributed by atoms with Crippen LogP contribution in [-0.4, -0.2) is 20.8 Å². The van der Waals surface area contributed by atoms with Crippen molar-refractivity contribution in [1.82, 2.24) is 5.32 Å². The minimum absolute atomic E-state index is 0.307.